The summed E-state index contributed by atoms with van der Waals surface area (Å²) in [6, 6.07) is 4.08. The highest BCUT2D eigenvalue weighted by Gasteiger charge is 2.34. The highest BCUT2D eigenvalue weighted by molar-refractivity contribution is 7.90. The minimum absolute atomic E-state index is 0.00154. The highest BCUT2D eigenvalue weighted by Crippen LogP contribution is 2.25. The molecule has 0 spiro atoms. The van der Waals surface area contributed by atoms with Crippen molar-refractivity contribution in [3.63, 3.8) is 0 Å². The topological polar surface area (TPSA) is 72.9 Å². The molecule has 0 amide bonds. The lowest BCUT2D eigenvalue weighted by molar-refractivity contribution is 0.0193. The lowest BCUT2D eigenvalue weighted by atomic mass is 10.0. The maximum atomic E-state index is 14.3. The smallest absolute Gasteiger partial charge is 0.175 e. The summed E-state index contributed by atoms with van der Waals surface area (Å²) >= 11 is 0. The molecule has 134 valence electrons. The van der Waals surface area contributed by atoms with E-state index >= 15 is 0 Å². The Hall–Kier alpha value is -1.22. The summed E-state index contributed by atoms with van der Waals surface area (Å²) in [5.74, 6) is -0.509. The van der Waals surface area contributed by atoms with E-state index in [0.717, 1.165) is 38.4 Å². The van der Waals surface area contributed by atoms with Crippen molar-refractivity contribution in [2.24, 2.45) is 0 Å². The van der Waals surface area contributed by atoms with Crippen LogP contribution in [0.5, 0.6) is 0 Å². The number of β-amino-alcohol motifs (C(OH)–C–C–N with tert-alkyl or cyclic N) is 1. The van der Waals surface area contributed by atoms with Gasteiger partial charge in [0.15, 0.2) is 9.84 Å². The van der Waals surface area contributed by atoms with Crippen LogP contribution in [0.3, 0.4) is 0 Å². The summed E-state index contributed by atoms with van der Waals surface area (Å²) in [6.45, 7) is 4.88. The number of hydrogen-bond donors (Lipinski definition) is 2. The first-order chi connectivity index (χ1) is 11.3. The van der Waals surface area contributed by atoms with Crippen LogP contribution in [0.4, 0.5) is 10.1 Å². The third-order valence-electron chi connectivity index (χ3n) is 4.80. The molecule has 2 saturated heterocycles. The first-order valence-corrected chi connectivity index (χ1v) is 10.1. The van der Waals surface area contributed by atoms with E-state index < -0.39 is 21.3 Å². The van der Waals surface area contributed by atoms with Crippen LogP contribution in [0.2, 0.25) is 0 Å². The average molecular weight is 357 g/mol. The van der Waals surface area contributed by atoms with Crippen molar-refractivity contribution in [3.05, 3.63) is 24.0 Å². The van der Waals surface area contributed by atoms with E-state index in [4.69, 9.17) is 0 Å². The first-order valence-electron chi connectivity index (χ1n) is 8.17. The number of rotatable bonds is 4. The van der Waals surface area contributed by atoms with Crippen molar-refractivity contribution in [3.8, 4) is 0 Å². The molecule has 1 atom stereocenters. The normalized spacial score (nSPS) is 26.0. The number of anilines is 1. The van der Waals surface area contributed by atoms with Gasteiger partial charge in [-0.05, 0) is 31.2 Å². The Labute approximate surface area is 142 Å². The molecule has 0 bridgehead atoms. The van der Waals surface area contributed by atoms with Crippen molar-refractivity contribution >= 4 is 15.5 Å². The minimum atomic E-state index is -3.40. The number of nitrogens with one attached hydrogen (secondary N) is 1. The lowest BCUT2D eigenvalue weighted by Crippen LogP contribution is -2.52. The van der Waals surface area contributed by atoms with Crippen LogP contribution in [-0.4, -0.2) is 76.1 Å². The fourth-order valence-electron chi connectivity index (χ4n) is 3.40. The van der Waals surface area contributed by atoms with E-state index in [1.54, 1.807) is 0 Å². The van der Waals surface area contributed by atoms with Gasteiger partial charge in [0.1, 0.15) is 5.82 Å². The van der Waals surface area contributed by atoms with Crippen molar-refractivity contribution in [2.45, 2.75) is 16.9 Å². The molecule has 24 heavy (non-hydrogen) atoms. The largest absolute Gasteiger partial charge is 0.387 e. The predicted octanol–water partition coefficient (Wildman–Crippen LogP) is 0.0756. The fourth-order valence-corrected chi connectivity index (χ4v) is 4.04. The summed E-state index contributed by atoms with van der Waals surface area (Å²) in [5, 5.41) is 13.6. The van der Waals surface area contributed by atoms with Crippen LogP contribution < -0.4 is 10.2 Å². The third kappa shape index (κ3) is 3.88. The van der Waals surface area contributed by atoms with E-state index in [9.17, 15) is 17.9 Å². The standard InChI is InChI=1S/C16H24FN3O3S/c1-24(22,23)13-2-3-15(14(17)10-13)20-8-6-19(7-9-20)12-16(21)4-5-18-11-16/h2-3,10,18,21H,4-9,11-12H2,1H3/t16-/m0/s1. The second-order valence-corrected chi connectivity index (χ2v) is 8.82. The predicted molar refractivity (Wildman–Crippen MR) is 90.6 cm³/mol. The second-order valence-electron chi connectivity index (χ2n) is 6.80. The van der Waals surface area contributed by atoms with Gasteiger partial charge in [-0.3, -0.25) is 4.90 Å². The lowest BCUT2D eigenvalue weighted by Gasteiger charge is -2.39. The molecule has 0 radical (unpaired) electrons. The molecule has 0 aliphatic carbocycles. The molecule has 0 saturated carbocycles. The Morgan fingerprint density at radius 1 is 1.29 bits per heavy atom. The molecule has 0 unspecified atom stereocenters. The van der Waals surface area contributed by atoms with Crippen LogP contribution >= 0.6 is 0 Å². The van der Waals surface area contributed by atoms with E-state index in [1.165, 1.54) is 12.1 Å². The monoisotopic (exact) mass is 357 g/mol. The Balaban J connectivity index is 1.62. The molecule has 8 heteroatoms. The van der Waals surface area contributed by atoms with Gasteiger partial charge < -0.3 is 15.3 Å². The van der Waals surface area contributed by atoms with Crippen molar-refractivity contribution in [2.75, 3.05) is 57.0 Å². The van der Waals surface area contributed by atoms with E-state index in [1.807, 2.05) is 4.90 Å². The molecule has 1 aromatic rings. The Morgan fingerprint density at radius 2 is 2.00 bits per heavy atom. The number of nitrogens with zero attached hydrogens (tertiary/aromatic N) is 2. The van der Waals surface area contributed by atoms with Crippen molar-refractivity contribution in [1.82, 2.24) is 10.2 Å². The van der Waals surface area contributed by atoms with E-state index in [-0.39, 0.29) is 4.90 Å². The fraction of sp³-hybridized carbons (Fsp3) is 0.625. The first kappa shape index (κ1) is 17.6. The molecule has 2 fully saturated rings. The summed E-state index contributed by atoms with van der Waals surface area (Å²) in [4.78, 5) is 4.12. The zero-order valence-corrected chi connectivity index (χ0v) is 14.6. The zero-order chi connectivity index (χ0) is 17.4. The average Bonchev–Trinajstić information content (AvgIpc) is 2.93. The van der Waals surface area contributed by atoms with Crippen molar-refractivity contribution in [1.29, 1.82) is 0 Å². The molecule has 2 aliphatic heterocycles. The Morgan fingerprint density at radius 3 is 2.54 bits per heavy atom. The molecule has 1 aromatic carbocycles. The molecule has 2 heterocycles. The van der Waals surface area contributed by atoms with Crippen LogP contribution in [0.1, 0.15) is 6.42 Å². The van der Waals surface area contributed by atoms with Gasteiger partial charge in [0, 0.05) is 45.5 Å². The van der Waals surface area contributed by atoms with Crippen molar-refractivity contribution < 1.29 is 17.9 Å². The van der Waals surface area contributed by atoms with E-state index in [0.29, 0.717) is 31.9 Å². The third-order valence-corrected chi connectivity index (χ3v) is 5.91. The van der Waals surface area contributed by atoms with Gasteiger partial charge in [-0.2, -0.15) is 0 Å². The number of sulfone groups is 1. The maximum Gasteiger partial charge on any atom is 0.175 e. The number of aliphatic hydroxyl groups is 1. The zero-order valence-electron chi connectivity index (χ0n) is 13.8. The van der Waals surface area contributed by atoms with Crippen LogP contribution in [0, 0.1) is 5.82 Å². The van der Waals surface area contributed by atoms with Gasteiger partial charge in [0.05, 0.1) is 16.2 Å². The summed E-state index contributed by atoms with van der Waals surface area (Å²) in [7, 11) is -3.40. The molecule has 0 aromatic heterocycles. The molecular formula is C16H24FN3O3S. The quantitative estimate of drug-likeness (QED) is 0.795. The molecule has 6 nitrogen and oxygen atoms in total. The number of hydrogen-bond acceptors (Lipinski definition) is 6. The Kier molecular flexibility index (Phi) is 4.83. The van der Waals surface area contributed by atoms with Gasteiger partial charge >= 0.3 is 0 Å². The van der Waals surface area contributed by atoms with Gasteiger partial charge in [-0.1, -0.05) is 0 Å². The molecular weight excluding hydrogens is 333 g/mol. The highest BCUT2D eigenvalue weighted by atomic mass is 32.2. The van der Waals surface area contributed by atoms with Gasteiger partial charge in [0.2, 0.25) is 0 Å². The van der Waals surface area contributed by atoms with Gasteiger partial charge in [0.25, 0.3) is 0 Å². The number of halogens is 1. The number of piperazine rings is 1. The van der Waals surface area contributed by atoms with Crippen LogP contribution in [0.15, 0.2) is 23.1 Å². The van der Waals surface area contributed by atoms with Crippen LogP contribution in [-0.2, 0) is 9.84 Å². The molecule has 3 rings (SSSR count). The van der Waals surface area contributed by atoms with E-state index in [2.05, 4.69) is 10.2 Å². The summed E-state index contributed by atoms with van der Waals surface area (Å²) < 4.78 is 37.3. The van der Waals surface area contributed by atoms with Gasteiger partial charge in [-0.25, -0.2) is 12.8 Å². The SMILES string of the molecule is CS(=O)(=O)c1ccc(N2CCN(C[C@]3(O)CCNC3)CC2)c(F)c1. The van der Waals surface area contributed by atoms with Crippen LogP contribution in [0.25, 0.3) is 0 Å². The second kappa shape index (κ2) is 6.59. The Bertz CT molecular complexity index is 697. The summed E-state index contributed by atoms with van der Waals surface area (Å²) in [6.07, 6.45) is 1.83. The summed E-state index contributed by atoms with van der Waals surface area (Å²) in [5.41, 5.74) is -0.229. The van der Waals surface area contributed by atoms with Gasteiger partial charge in [-0.15, -0.1) is 0 Å². The molecule has 2 aliphatic rings. The number of benzene rings is 1. The maximum absolute atomic E-state index is 14.3. The molecule has 2 N–H and O–H groups in total. The minimum Gasteiger partial charge on any atom is -0.387 e.